The van der Waals surface area contributed by atoms with E-state index in [1.165, 1.54) is 11.8 Å². The average Bonchev–Trinajstić information content (AvgIpc) is 2.97. The summed E-state index contributed by atoms with van der Waals surface area (Å²) in [4.78, 5) is 20.1. The van der Waals surface area contributed by atoms with Crippen molar-refractivity contribution in [2.45, 2.75) is 36.0 Å². The molecule has 108 valence electrons. The summed E-state index contributed by atoms with van der Waals surface area (Å²) in [6.07, 6.45) is 5.06. The predicted molar refractivity (Wildman–Crippen MR) is 81.5 cm³/mol. The average molecular weight is 300 g/mol. The Balaban J connectivity index is 1.80. The number of rotatable bonds is 5. The van der Waals surface area contributed by atoms with Gasteiger partial charge >= 0.3 is 5.97 Å². The number of aliphatic carboxylic acids is 1. The molecular weight excluding hydrogens is 284 g/mol. The third kappa shape index (κ3) is 3.24. The first-order valence-corrected chi connectivity index (χ1v) is 7.88. The molecule has 5 heteroatoms. The zero-order valence-corrected chi connectivity index (χ0v) is 12.3. The number of thioether (sulfide) groups is 1. The van der Waals surface area contributed by atoms with E-state index in [4.69, 9.17) is 0 Å². The van der Waals surface area contributed by atoms with Crippen LogP contribution in [0, 0.1) is 0 Å². The van der Waals surface area contributed by atoms with Gasteiger partial charge in [-0.2, -0.15) is 0 Å². The Kier molecular flexibility index (Phi) is 4.20. The second-order valence-electron chi connectivity index (χ2n) is 5.09. The van der Waals surface area contributed by atoms with Crippen molar-refractivity contribution in [3.63, 3.8) is 0 Å². The highest BCUT2D eigenvalue weighted by molar-refractivity contribution is 8.00. The molecule has 0 fully saturated rings. The van der Waals surface area contributed by atoms with Crippen molar-refractivity contribution in [1.82, 2.24) is 9.97 Å². The molecule has 21 heavy (non-hydrogen) atoms. The van der Waals surface area contributed by atoms with Crippen molar-refractivity contribution < 1.29 is 9.90 Å². The molecule has 4 nitrogen and oxygen atoms in total. The number of nitrogens with zero attached hydrogens (tertiary/aromatic N) is 2. The Hall–Kier alpha value is -1.88. The molecule has 1 atom stereocenters. The summed E-state index contributed by atoms with van der Waals surface area (Å²) in [5.41, 5.74) is 3.25. The molecule has 0 amide bonds. The van der Waals surface area contributed by atoms with Gasteiger partial charge in [0.05, 0.1) is 0 Å². The molecule has 1 aromatic heterocycles. The van der Waals surface area contributed by atoms with E-state index in [1.54, 1.807) is 6.33 Å². The lowest BCUT2D eigenvalue weighted by Crippen LogP contribution is -2.19. The Morgan fingerprint density at radius 3 is 2.81 bits per heavy atom. The van der Waals surface area contributed by atoms with E-state index in [9.17, 15) is 9.90 Å². The highest BCUT2D eigenvalue weighted by Gasteiger charge is 2.24. The molecule has 0 radical (unpaired) electrons. The van der Waals surface area contributed by atoms with Crippen LogP contribution in [0.15, 0.2) is 41.7 Å². The van der Waals surface area contributed by atoms with Gasteiger partial charge in [0.15, 0.2) is 0 Å². The summed E-state index contributed by atoms with van der Waals surface area (Å²) in [6.45, 7) is 0. The maximum Gasteiger partial charge on any atom is 0.317 e. The summed E-state index contributed by atoms with van der Waals surface area (Å²) >= 11 is 1.35. The molecular formula is C16H16N2O2S. The van der Waals surface area contributed by atoms with Crippen LogP contribution in [0.5, 0.6) is 0 Å². The number of carboxylic acid groups (broad SMARTS) is 1. The Bertz CT molecular complexity index is 646. The van der Waals surface area contributed by atoms with Crippen LogP contribution in [0.25, 0.3) is 0 Å². The number of hydrogen-bond acceptors (Lipinski definition) is 4. The summed E-state index contributed by atoms with van der Waals surface area (Å²) in [5.74, 6) is -0.797. The minimum Gasteiger partial charge on any atom is -0.480 e. The Morgan fingerprint density at radius 1 is 1.24 bits per heavy atom. The minimum absolute atomic E-state index is 0.500. The van der Waals surface area contributed by atoms with Crippen molar-refractivity contribution in [2.75, 3.05) is 0 Å². The first-order valence-electron chi connectivity index (χ1n) is 7.00. The van der Waals surface area contributed by atoms with E-state index in [1.807, 2.05) is 30.3 Å². The van der Waals surface area contributed by atoms with E-state index in [2.05, 4.69) is 9.97 Å². The molecule has 1 aliphatic carbocycles. The fourth-order valence-corrected chi connectivity index (χ4v) is 3.69. The summed E-state index contributed by atoms with van der Waals surface area (Å²) < 4.78 is 0. The normalized spacial score (nSPS) is 14.7. The van der Waals surface area contributed by atoms with E-state index < -0.39 is 11.2 Å². The van der Waals surface area contributed by atoms with Crippen LogP contribution in [-0.2, 0) is 24.1 Å². The van der Waals surface area contributed by atoms with E-state index in [0.29, 0.717) is 6.42 Å². The van der Waals surface area contributed by atoms with Crippen LogP contribution in [0.1, 0.15) is 23.2 Å². The minimum atomic E-state index is -0.797. The Labute approximate surface area is 127 Å². The third-order valence-corrected chi connectivity index (χ3v) is 4.86. The quantitative estimate of drug-likeness (QED) is 0.679. The zero-order chi connectivity index (χ0) is 14.7. The fourth-order valence-electron chi connectivity index (χ4n) is 2.57. The molecule has 1 heterocycles. The molecule has 1 N–H and O–H groups in total. The predicted octanol–water partition coefficient (Wildman–Crippen LogP) is 2.75. The van der Waals surface area contributed by atoms with E-state index >= 15 is 0 Å². The van der Waals surface area contributed by atoms with E-state index in [-0.39, 0.29) is 0 Å². The zero-order valence-electron chi connectivity index (χ0n) is 11.5. The van der Waals surface area contributed by atoms with Crippen LogP contribution >= 0.6 is 11.8 Å². The standard InChI is InChI=1S/C16H16N2O2S/c19-16(20)14(9-11-5-2-1-3-6-11)21-15-12-7-4-8-13(12)17-10-18-15/h1-3,5-6,10,14H,4,7-9H2,(H,19,20). The van der Waals surface area contributed by atoms with Gasteiger partial charge in [0, 0.05) is 11.3 Å². The van der Waals surface area contributed by atoms with Gasteiger partial charge in [-0.3, -0.25) is 4.79 Å². The van der Waals surface area contributed by atoms with Crippen LogP contribution in [0.3, 0.4) is 0 Å². The van der Waals surface area contributed by atoms with Gasteiger partial charge in [0.1, 0.15) is 16.6 Å². The second kappa shape index (κ2) is 6.26. The number of hydrogen-bond donors (Lipinski definition) is 1. The van der Waals surface area contributed by atoms with Crippen molar-refractivity contribution in [3.05, 3.63) is 53.5 Å². The molecule has 1 aliphatic rings. The summed E-state index contributed by atoms with van der Waals surface area (Å²) in [6, 6.07) is 9.72. The molecule has 3 rings (SSSR count). The van der Waals surface area contributed by atoms with Crippen molar-refractivity contribution >= 4 is 17.7 Å². The van der Waals surface area contributed by atoms with Gasteiger partial charge in [-0.15, -0.1) is 0 Å². The van der Waals surface area contributed by atoms with Crippen LogP contribution in [0.4, 0.5) is 0 Å². The maximum absolute atomic E-state index is 11.5. The number of benzene rings is 1. The summed E-state index contributed by atoms with van der Waals surface area (Å²) in [5, 5.41) is 9.79. The molecule has 0 saturated carbocycles. The van der Waals surface area contributed by atoms with Crippen molar-refractivity contribution in [2.24, 2.45) is 0 Å². The molecule has 1 aromatic carbocycles. The van der Waals surface area contributed by atoms with Crippen molar-refractivity contribution in [1.29, 1.82) is 0 Å². The van der Waals surface area contributed by atoms with Crippen LogP contribution in [0.2, 0.25) is 0 Å². The lowest BCUT2D eigenvalue weighted by atomic mass is 10.1. The largest absolute Gasteiger partial charge is 0.480 e. The number of fused-ring (bicyclic) bond motifs is 1. The van der Waals surface area contributed by atoms with Gasteiger partial charge < -0.3 is 5.11 Å². The molecule has 2 aromatic rings. The Morgan fingerprint density at radius 2 is 2.05 bits per heavy atom. The molecule has 1 unspecified atom stereocenters. The number of aryl methyl sites for hydroxylation is 1. The van der Waals surface area contributed by atoms with E-state index in [0.717, 1.165) is 41.1 Å². The van der Waals surface area contributed by atoms with Crippen molar-refractivity contribution in [3.8, 4) is 0 Å². The molecule has 0 bridgehead atoms. The smallest absolute Gasteiger partial charge is 0.317 e. The highest BCUT2D eigenvalue weighted by Crippen LogP contribution is 2.32. The lowest BCUT2D eigenvalue weighted by molar-refractivity contribution is -0.136. The third-order valence-electron chi connectivity index (χ3n) is 3.63. The molecule has 0 spiro atoms. The molecule has 0 aliphatic heterocycles. The second-order valence-corrected chi connectivity index (χ2v) is 6.28. The van der Waals surface area contributed by atoms with Crippen LogP contribution < -0.4 is 0 Å². The number of aromatic nitrogens is 2. The van der Waals surface area contributed by atoms with Gasteiger partial charge in [-0.1, -0.05) is 42.1 Å². The fraction of sp³-hybridized carbons (Fsp3) is 0.312. The van der Waals surface area contributed by atoms with Crippen LogP contribution in [-0.4, -0.2) is 26.3 Å². The first kappa shape index (κ1) is 14.1. The highest BCUT2D eigenvalue weighted by atomic mass is 32.2. The first-order chi connectivity index (χ1) is 10.2. The van der Waals surface area contributed by atoms with Gasteiger partial charge in [-0.25, -0.2) is 9.97 Å². The number of carboxylic acids is 1. The monoisotopic (exact) mass is 300 g/mol. The lowest BCUT2D eigenvalue weighted by Gasteiger charge is -2.13. The number of carbonyl (C=O) groups is 1. The maximum atomic E-state index is 11.5. The van der Waals surface area contributed by atoms with Gasteiger partial charge in [-0.05, 0) is 31.2 Å². The summed E-state index contributed by atoms with van der Waals surface area (Å²) in [7, 11) is 0. The molecule has 0 saturated heterocycles. The van der Waals surface area contributed by atoms with Gasteiger partial charge in [0.2, 0.25) is 0 Å². The SMILES string of the molecule is O=C(O)C(Cc1ccccc1)Sc1ncnc2c1CCC2. The topological polar surface area (TPSA) is 63.1 Å². The van der Waals surface area contributed by atoms with Gasteiger partial charge in [0.25, 0.3) is 0 Å².